The summed E-state index contributed by atoms with van der Waals surface area (Å²) in [6, 6.07) is 4.42. The third kappa shape index (κ3) is 11.4. The second-order valence-corrected chi connectivity index (χ2v) is 16.6. The second kappa shape index (κ2) is 17.5. The van der Waals surface area contributed by atoms with E-state index in [1.807, 2.05) is 0 Å². The molecule has 24 nitrogen and oxygen atoms in total. The Morgan fingerprint density at radius 1 is 0.618 bits per heavy atom. The molecule has 0 atom stereocenters. The Morgan fingerprint density at radius 3 is 1.35 bits per heavy atom. The Kier molecular flexibility index (Phi) is 14.0. The van der Waals surface area contributed by atoms with Crippen molar-refractivity contribution >= 4 is 57.8 Å². The van der Waals surface area contributed by atoms with Crippen LogP contribution in [0.5, 0.6) is 23.0 Å². The fourth-order valence-electron chi connectivity index (χ4n) is 4.34. The molecule has 0 amide bonds. The third-order valence-corrected chi connectivity index (χ3v) is 11.1. The first kappa shape index (κ1) is 44.2. The van der Waals surface area contributed by atoms with Gasteiger partial charge in [-0.15, -0.1) is 0 Å². The summed E-state index contributed by atoms with van der Waals surface area (Å²) in [5.41, 5.74) is 0.831. The van der Waals surface area contributed by atoms with Crippen molar-refractivity contribution in [3.05, 3.63) is 67.1 Å². The highest BCUT2D eigenvalue weighted by Gasteiger charge is 2.26. The van der Waals surface area contributed by atoms with Crippen molar-refractivity contribution < 1.29 is 80.0 Å². The molecule has 302 valence electrons. The van der Waals surface area contributed by atoms with Crippen molar-refractivity contribution in [2.45, 2.75) is 9.79 Å². The van der Waals surface area contributed by atoms with Crippen molar-refractivity contribution in [3.63, 3.8) is 0 Å². The minimum atomic E-state index is -4.95. The molecule has 3 rings (SSSR count). The van der Waals surface area contributed by atoms with Crippen LogP contribution >= 0.6 is 0 Å². The van der Waals surface area contributed by atoms with Crippen molar-refractivity contribution in [3.8, 4) is 23.0 Å². The van der Waals surface area contributed by atoms with E-state index >= 15 is 0 Å². The lowest BCUT2D eigenvalue weighted by Crippen LogP contribution is -2.50. The van der Waals surface area contributed by atoms with Gasteiger partial charge in [-0.3, -0.25) is 29.5 Å². The lowest BCUT2D eigenvalue weighted by atomic mass is 10.2. The van der Waals surface area contributed by atoms with Crippen molar-refractivity contribution in [2.24, 2.45) is 10.2 Å². The molecule has 0 aromatic heterocycles. The van der Waals surface area contributed by atoms with E-state index in [9.17, 15) is 53.2 Å². The quantitative estimate of drug-likeness (QED) is 0.0646. The molecule has 0 saturated carbocycles. The summed E-state index contributed by atoms with van der Waals surface area (Å²) in [6.45, 7) is -1.92. The highest BCUT2D eigenvalue weighted by Crippen LogP contribution is 2.37. The molecule has 5 N–H and O–H groups in total. The highest BCUT2D eigenvalue weighted by atomic mass is 32.3. The zero-order valence-electron chi connectivity index (χ0n) is 28.5. The Labute approximate surface area is 311 Å². The number of aromatic carboxylic acids is 1. The fourth-order valence-corrected chi connectivity index (χ4v) is 7.66. The molecule has 0 aliphatic carbocycles. The number of ether oxygens (including phenoxy) is 4. The zero-order valence-corrected chi connectivity index (χ0v) is 31.8. The molecule has 0 bridgehead atoms. The molecule has 0 unspecified atom stereocenters. The summed E-state index contributed by atoms with van der Waals surface area (Å²) in [5, 5.41) is 15.5. The molecular weight excluding hydrogens is 829 g/mol. The van der Waals surface area contributed by atoms with Crippen LogP contribution in [0, 0.1) is 0 Å². The Balaban J connectivity index is 2.12. The van der Waals surface area contributed by atoms with E-state index in [0.29, 0.717) is 6.07 Å². The normalized spacial score (nSPS) is 13.0. The minimum absolute atomic E-state index is 0.193. The van der Waals surface area contributed by atoms with Gasteiger partial charge in [-0.2, -0.15) is 27.0 Å². The number of benzene rings is 3. The van der Waals surface area contributed by atoms with Crippen LogP contribution in [0.15, 0.2) is 59.9 Å². The maximum Gasteiger partial charge on any atom is 0.397 e. The lowest BCUT2D eigenvalue weighted by Gasteiger charge is -2.15. The molecular formula is C27H30N4O20S4. The van der Waals surface area contributed by atoms with Crippen LogP contribution in [0.2, 0.25) is 0 Å². The van der Waals surface area contributed by atoms with E-state index in [0.717, 1.165) is 52.7 Å². The van der Waals surface area contributed by atoms with Crippen molar-refractivity contribution in [1.82, 2.24) is 0 Å². The van der Waals surface area contributed by atoms with E-state index in [2.05, 4.69) is 29.4 Å². The maximum absolute atomic E-state index is 13.5. The van der Waals surface area contributed by atoms with Crippen molar-refractivity contribution in [2.75, 3.05) is 64.0 Å². The average Bonchev–Trinajstić information content (AvgIpc) is 3.08. The molecule has 28 heteroatoms. The maximum atomic E-state index is 13.5. The predicted octanol–water partition coefficient (Wildman–Crippen LogP) is -1.94. The summed E-state index contributed by atoms with van der Waals surface area (Å²) in [5.74, 6) is -4.89. The van der Waals surface area contributed by atoms with Crippen LogP contribution in [0.4, 0.5) is 11.4 Å². The van der Waals surface area contributed by atoms with Gasteiger partial charge in [-0.1, -0.05) is 0 Å². The number of anilines is 2. The van der Waals surface area contributed by atoms with E-state index < -0.39 is 108 Å². The van der Waals surface area contributed by atoms with E-state index in [1.165, 1.54) is 0 Å². The van der Waals surface area contributed by atoms with Crippen LogP contribution in [-0.4, -0.2) is 107 Å². The monoisotopic (exact) mass is 858 g/mol. The van der Waals surface area contributed by atoms with Crippen LogP contribution in [0.3, 0.4) is 0 Å². The molecule has 0 fully saturated rings. The Morgan fingerprint density at radius 2 is 1.00 bits per heavy atom. The van der Waals surface area contributed by atoms with Gasteiger partial charge in [0.25, 0.3) is 0 Å². The lowest BCUT2D eigenvalue weighted by molar-refractivity contribution is 0.0694. The molecule has 0 spiro atoms. The van der Waals surface area contributed by atoms with Gasteiger partial charge in [0, 0.05) is 30.3 Å². The average molecular weight is 859 g/mol. The number of carboxylic acid groups (broad SMARTS) is 1. The largest absolute Gasteiger partial charge is 0.495 e. The molecule has 3 aromatic carbocycles. The molecule has 0 radical (unpaired) electrons. The molecule has 0 saturated heterocycles. The summed E-state index contributed by atoms with van der Waals surface area (Å²) < 4.78 is 141. The van der Waals surface area contributed by atoms with Crippen LogP contribution in [0.25, 0.3) is 0 Å². The van der Waals surface area contributed by atoms with Gasteiger partial charge in [0.05, 0.1) is 58.7 Å². The zero-order chi connectivity index (χ0) is 41.5. The number of nitrogens with one attached hydrogen (secondary N) is 2. The molecule has 0 aliphatic rings. The highest BCUT2D eigenvalue weighted by molar-refractivity contribution is 7.92. The number of methoxy groups -OCH3 is 4. The summed E-state index contributed by atoms with van der Waals surface area (Å²) >= 11 is 0. The topological polar surface area (TPSA) is 353 Å². The van der Waals surface area contributed by atoms with Gasteiger partial charge in [0.15, 0.2) is 25.0 Å². The Hall–Kier alpha value is -5.23. The first-order chi connectivity index (χ1) is 25.5. The number of hydrogen-bond acceptors (Lipinski definition) is 21. The number of nitrogens with zero attached hydrogens (tertiary/aromatic N) is 2. The number of rotatable bonds is 19. The van der Waals surface area contributed by atoms with Crippen LogP contribution in [0.1, 0.15) is 10.4 Å². The number of carbonyl (C=O) groups is 1. The third-order valence-electron chi connectivity index (χ3n) is 6.81. The number of sulfone groups is 2. The van der Waals surface area contributed by atoms with E-state index in [1.54, 1.807) is 0 Å². The van der Waals surface area contributed by atoms with Gasteiger partial charge < -0.3 is 24.1 Å². The summed E-state index contributed by atoms with van der Waals surface area (Å²) in [7, 11) is -14.2. The molecule has 0 aliphatic heterocycles. The predicted molar refractivity (Wildman–Crippen MR) is 185 cm³/mol. The van der Waals surface area contributed by atoms with Crippen LogP contribution in [-0.2, 0) is 48.8 Å². The van der Waals surface area contributed by atoms with Gasteiger partial charge in [0.1, 0.15) is 49.5 Å². The van der Waals surface area contributed by atoms with Gasteiger partial charge in [0.2, 0.25) is 10.9 Å². The number of hydrogen-bond donors (Lipinski definition) is 5. The van der Waals surface area contributed by atoms with E-state index in [4.69, 9.17) is 28.1 Å². The molecule has 0 heterocycles. The molecule has 3 aromatic rings. The first-order valence-electron chi connectivity index (χ1n) is 14.4. The summed E-state index contributed by atoms with van der Waals surface area (Å²) in [4.78, 5) is 37.3. The molecule has 55 heavy (non-hydrogen) atoms. The minimum Gasteiger partial charge on any atom is -0.495 e. The van der Waals surface area contributed by atoms with Gasteiger partial charge in [-0.25, -0.2) is 30.0 Å². The second-order valence-electron chi connectivity index (χ2n) is 10.2. The standard InChI is InChI=1S/C27H30N4O20S4/c1-46-18-12-22(52(36,37)7-5-50-54(40,41)42)20(48-3)10-15(18)28-30-24-14(27(34)35)9-17(32)25(26(24)33)31-29-16-11-21(49-4)23(13-19(16)47-2)53(38,39)8-6-51-55(43,44)45/h9-13,28-29H,5-8H2,1-4H3,(H,34,35)(H,40,41,42)(H,43,44,45). The van der Waals surface area contributed by atoms with Crippen molar-refractivity contribution in [1.29, 1.82) is 0 Å². The van der Waals surface area contributed by atoms with Gasteiger partial charge >= 0.3 is 26.8 Å². The van der Waals surface area contributed by atoms with E-state index in [-0.39, 0.29) is 34.4 Å². The smallest absolute Gasteiger partial charge is 0.397 e. The fraction of sp³-hybridized carbons (Fsp3) is 0.296. The van der Waals surface area contributed by atoms with Gasteiger partial charge in [-0.05, 0) is 0 Å². The summed E-state index contributed by atoms with van der Waals surface area (Å²) in [6.07, 6.45) is 0. The SMILES string of the molecule is COc1cc(S(=O)(=O)CCOS(=O)(=O)O)c(OC)cc1NN=c1c(C(=O)O)cc(=O)c(=NNc2cc(OC)c(S(=O)(=O)CCOS(=O)(=O)O)cc2OC)c1=O. The first-order valence-corrected chi connectivity index (χ1v) is 20.4. The Bertz CT molecular complexity index is 2660. The number of carboxylic acids is 1. The van der Waals surface area contributed by atoms with Crippen LogP contribution < -0.4 is 51.4 Å².